The first-order valence-electron chi connectivity index (χ1n) is 8.80. The highest BCUT2D eigenvalue weighted by Crippen LogP contribution is 2.49. The quantitative estimate of drug-likeness (QED) is 0.777. The fourth-order valence-corrected chi connectivity index (χ4v) is 5.43. The normalized spacial score (nSPS) is 27.3. The van der Waals surface area contributed by atoms with Crippen molar-refractivity contribution in [3.63, 3.8) is 0 Å². The minimum atomic E-state index is -4.37. The van der Waals surface area contributed by atoms with Crippen LogP contribution >= 0.6 is 0 Å². The van der Waals surface area contributed by atoms with E-state index >= 15 is 0 Å². The lowest BCUT2D eigenvalue weighted by Crippen LogP contribution is -2.42. The Morgan fingerprint density at radius 2 is 1.88 bits per heavy atom. The van der Waals surface area contributed by atoms with E-state index in [0.29, 0.717) is 19.4 Å². The fourth-order valence-electron chi connectivity index (χ4n) is 3.70. The van der Waals surface area contributed by atoms with E-state index in [-0.39, 0.29) is 35.3 Å². The molecular formula is C18H22F3NO3S. The highest BCUT2D eigenvalue weighted by atomic mass is 32.2. The van der Waals surface area contributed by atoms with E-state index in [4.69, 9.17) is 0 Å². The maximum absolute atomic E-state index is 12.9. The summed E-state index contributed by atoms with van der Waals surface area (Å²) in [7, 11) is -3.08. The molecule has 0 radical (unpaired) electrons. The maximum Gasteiger partial charge on any atom is 0.416 e. The summed E-state index contributed by atoms with van der Waals surface area (Å²) in [5.74, 6) is -0.295. The number of halogens is 3. The summed E-state index contributed by atoms with van der Waals surface area (Å²) in [5, 5.41) is 0. The van der Waals surface area contributed by atoms with Gasteiger partial charge in [-0.25, -0.2) is 8.42 Å². The predicted molar refractivity (Wildman–Crippen MR) is 91.4 cm³/mol. The Kier molecular flexibility index (Phi) is 5.07. The van der Waals surface area contributed by atoms with Crippen LogP contribution in [0.4, 0.5) is 13.2 Å². The van der Waals surface area contributed by atoms with Crippen LogP contribution in [-0.4, -0.2) is 43.3 Å². The van der Waals surface area contributed by atoms with Gasteiger partial charge in [0.05, 0.1) is 17.1 Å². The fraction of sp³-hybridized carbons (Fsp3) is 0.611. The van der Waals surface area contributed by atoms with Gasteiger partial charge in [-0.05, 0) is 42.9 Å². The van der Waals surface area contributed by atoms with Crippen molar-refractivity contribution in [3.8, 4) is 0 Å². The summed E-state index contributed by atoms with van der Waals surface area (Å²) in [4.78, 5) is 14.5. The number of benzene rings is 1. The molecule has 2 aliphatic rings. The summed E-state index contributed by atoms with van der Waals surface area (Å²) in [6.07, 6.45) is -2.57. The first kappa shape index (κ1) is 19.2. The second-order valence-corrected chi connectivity index (χ2v) is 9.39. The second-order valence-electron chi connectivity index (χ2n) is 7.16. The van der Waals surface area contributed by atoms with E-state index < -0.39 is 21.6 Å². The van der Waals surface area contributed by atoms with Crippen molar-refractivity contribution >= 4 is 15.7 Å². The Labute approximate surface area is 151 Å². The van der Waals surface area contributed by atoms with Crippen LogP contribution < -0.4 is 0 Å². The third-order valence-electron chi connectivity index (χ3n) is 5.17. The van der Waals surface area contributed by atoms with E-state index in [1.54, 1.807) is 4.90 Å². The molecule has 4 nitrogen and oxygen atoms in total. The van der Waals surface area contributed by atoms with Crippen molar-refractivity contribution in [2.45, 2.75) is 44.3 Å². The molecule has 3 rings (SSSR count). The lowest BCUT2D eigenvalue weighted by molar-refractivity contribution is -0.137. The largest absolute Gasteiger partial charge is 0.416 e. The number of sulfone groups is 1. The summed E-state index contributed by atoms with van der Waals surface area (Å²) in [6, 6.07) is 4.68. The van der Waals surface area contributed by atoms with Crippen LogP contribution in [0.2, 0.25) is 0 Å². The molecule has 0 aromatic heterocycles. The molecule has 8 heteroatoms. The molecule has 144 valence electrons. The standard InChI is InChI=1S/C18H22F3NO3S/c1-2-8-22(14-7-9-26(24,25)11-14)17(23)16-10-15(16)12-3-5-13(6-4-12)18(19,20)21/h3-6,14-16H,2,7-11H2,1H3. The highest BCUT2D eigenvalue weighted by Gasteiger charge is 2.48. The van der Waals surface area contributed by atoms with Crippen LogP contribution in [0.5, 0.6) is 0 Å². The Morgan fingerprint density at radius 1 is 1.23 bits per heavy atom. The SMILES string of the molecule is CCCN(C(=O)C1CC1c1ccc(C(F)(F)F)cc1)C1CCS(=O)(=O)C1. The van der Waals surface area contributed by atoms with Gasteiger partial charge in [0.2, 0.25) is 5.91 Å². The zero-order valence-corrected chi connectivity index (χ0v) is 15.3. The maximum atomic E-state index is 12.9. The molecule has 1 saturated heterocycles. The van der Waals surface area contributed by atoms with Crippen molar-refractivity contribution in [2.24, 2.45) is 5.92 Å². The molecule has 1 saturated carbocycles. The number of carbonyl (C=O) groups is 1. The number of rotatable bonds is 5. The third-order valence-corrected chi connectivity index (χ3v) is 6.92. The van der Waals surface area contributed by atoms with Gasteiger partial charge in [-0.15, -0.1) is 0 Å². The smallest absolute Gasteiger partial charge is 0.338 e. The zero-order valence-electron chi connectivity index (χ0n) is 14.5. The van der Waals surface area contributed by atoms with Crippen molar-refractivity contribution in [3.05, 3.63) is 35.4 Å². The van der Waals surface area contributed by atoms with Crippen LogP contribution in [0, 0.1) is 5.92 Å². The molecule has 0 bridgehead atoms. The number of hydrogen-bond acceptors (Lipinski definition) is 3. The van der Waals surface area contributed by atoms with E-state index in [1.807, 2.05) is 6.92 Å². The van der Waals surface area contributed by atoms with Gasteiger partial charge in [0.25, 0.3) is 0 Å². The van der Waals surface area contributed by atoms with Crippen LogP contribution in [0.1, 0.15) is 43.2 Å². The molecule has 26 heavy (non-hydrogen) atoms. The van der Waals surface area contributed by atoms with Crippen molar-refractivity contribution in [1.82, 2.24) is 4.90 Å². The van der Waals surface area contributed by atoms with Crippen LogP contribution in [0.15, 0.2) is 24.3 Å². The first-order valence-corrected chi connectivity index (χ1v) is 10.6. The van der Waals surface area contributed by atoms with Crippen molar-refractivity contribution < 1.29 is 26.4 Å². The minimum Gasteiger partial charge on any atom is -0.338 e. The molecule has 3 atom stereocenters. The van der Waals surface area contributed by atoms with Gasteiger partial charge in [-0.1, -0.05) is 19.1 Å². The van der Waals surface area contributed by atoms with Crippen molar-refractivity contribution in [2.75, 3.05) is 18.1 Å². The van der Waals surface area contributed by atoms with E-state index in [2.05, 4.69) is 0 Å². The molecule has 1 aromatic carbocycles. The average molecular weight is 389 g/mol. The first-order chi connectivity index (χ1) is 12.1. The summed E-state index contributed by atoms with van der Waals surface area (Å²) >= 11 is 0. The van der Waals surface area contributed by atoms with Gasteiger partial charge in [-0.2, -0.15) is 13.2 Å². The van der Waals surface area contributed by atoms with Crippen LogP contribution in [0.25, 0.3) is 0 Å². The van der Waals surface area contributed by atoms with Crippen LogP contribution in [0.3, 0.4) is 0 Å². The summed E-state index contributed by atoms with van der Waals surface area (Å²) < 4.78 is 61.4. The number of amides is 1. The number of carbonyl (C=O) groups excluding carboxylic acids is 1. The topological polar surface area (TPSA) is 54.5 Å². The summed E-state index contributed by atoms with van der Waals surface area (Å²) in [5.41, 5.74) is 0.0281. The second kappa shape index (κ2) is 6.87. The molecular weight excluding hydrogens is 367 g/mol. The van der Waals surface area contributed by atoms with Gasteiger partial charge < -0.3 is 4.90 Å². The third kappa shape index (κ3) is 4.05. The molecule has 1 aliphatic heterocycles. The van der Waals surface area contributed by atoms with E-state index in [9.17, 15) is 26.4 Å². The Balaban J connectivity index is 1.68. The molecule has 3 unspecified atom stereocenters. The van der Waals surface area contributed by atoms with E-state index in [0.717, 1.165) is 24.1 Å². The van der Waals surface area contributed by atoms with Gasteiger partial charge in [0.1, 0.15) is 0 Å². The molecule has 2 fully saturated rings. The molecule has 1 aromatic rings. The molecule has 0 N–H and O–H groups in total. The monoisotopic (exact) mass is 389 g/mol. The lowest BCUT2D eigenvalue weighted by atomic mass is 10.1. The Morgan fingerprint density at radius 3 is 2.38 bits per heavy atom. The molecule has 1 heterocycles. The number of alkyl halides is 3. The van der Waals surface area contributed by atoms with Crippen molar-refractivity contribution in [1.29, 1.82) is 0 Å². The Hall–Kier alpha value is -1.57. The summed E-state index contributed by atoms with van der Waals surface area (Å²) in [6.45, 7) is 2.44. The predicted octanol–water partition coefficient (Wildman–Crippen LogP) is 3.23. The number of nitrogens with zero attached hydrogens (tertiary/aromatic N) is 1. The van der Waals surface area contributed by atoms with Gasteiger partial charge in [0.15, 0.2) is 9.84 Å². The van der Waals surface area contributed by atoms with E-state index in [1.165, 1.54) is 12.1 Å². The Bertz CT molecular complexity index is 774. The lowest BCUT2D eigenvalue weighted by Gasteiger charge is -2.28. The zero-order chi connectivity index (χ0) is 19.1. The minimum absolute atomic E-state index is 0.0103. The average Bonchev–Trinajstić information content (AvgIpc) is 3.29. The molecule has 1 amide bonds. The van der Waals surface area contributed by atoms with Gasteiger partial charge in [0, 0.05) is 18.5 Å². The highest BCUT2D eigenvalue weighted by molar-refractivity contribution is 7.91. The van der Waals surface area contributed by atoms with Crippen LogP contribution in [-0.2, 0) is 20.8 Å². The molecule has 0 spiro atoms. The number of hydrogen-bond donors (Lipinski definition) is 0. The van der Waals surface area contributed by atoms with Gasteiger partial charge in [-0.3, -0.25) is 4.79 Å². The molecule has 1 aliphatic carbocycles. The van der Waals surface area contributed by atoms with Gasteiger partial charge >= 0.3 is 6.18 Å².